The number of anilines is 1. The molecule has 6 heteroatoms. The van der Waals surface area contributed by atoms with Crippen LogP contribution < -0.4 is 10.6 Å². The minimum absolute atomic E-state index is 0.00796. The summed E-state index contributed by atoms with van der Waals surface area (Å²) < 4.78 is 0. The van der Waals surface area contributed by atoms with Gasteiger partial charge in [0.2, 0.25) is 5.91 Å². The lowest BCUT2D eigenvalue weighted by Crippen LogP contribution is -2.39. The number of carbonyl (C=O) groups excluding carboxylic acids is 2. The molecule has 1 atom stereocenters. The van der Waals surface area contributed by atoms with Crippen molar-refractivity contribution in [3.05, 3.63) is 18.3 Å². The van der Waals surface area contributed by atoms with Crippen LogP contribution in [0.2, 0.25) is 19.6 Å². The molecule has 1 aromatic heterocycles. The molecule has 0 aliphatic carbocycles. The molecule has 0 spiro atoms. The number of ketones is 1. The molecule has 1 amide bonds. The van der Waals surface area contributed by atoms with Gasteiger partial charge in [0.25, 0.3) is 0 Å². The van der Waals surface area contributed by atoms with Crippen LogP contribution in [-0.4, -0.2) is 30.5 Å². The second-order valence-electron chi connectivity index (χ2n) is 5.96. The van der Waals surface area contributed by atoms with E-state index in [-0.39, 0.29) is 18.1 Å². The van der Waals surface area contributed by atoms with E-state index in [4.69, 9.17) is 0 Å². The summed E-state index contributed by atoms with van der Waals surface area (Å²) in [4.78, 5) is 27.5. The Hall–Kier alpha value is -1.14. The smallest absolute Gasteiger partial charge is 0.228 e. The van der Waals surface area contributed by atoms with Crippen molar-refractivity contribution in [1.82, 2.24) is 4.98 Å². The van der Waals surface area contributed by atoms with Crippen LogP contribution >= 0.6 is 12.6 Å². The lowest BCUT2D eigenvalue weighted by atomic mass is 10.0. The van der Waals surface area contributed by atoms with E-state index in [0.29, 0.717) is 11.4 Å². The summed E-state index contributed by atoms with van der Waals surface area (Å²) in [6, 6.07) is 3.82. The summed E-state index contributed by atoms with van der Waals surface area (Å²) in [5, 5.41) is 3.89. The second kappa shape index (κ2) is 7.03. The maximum Gasteiger partial charge on any atom is 0.228 e. The molecule has 1 N–H and O–H groups in total. The van der Waals surface area contributed by atoms with Crippen LogP contribution in [0.25, 0.3) is 0 Å². The third-order valence-corrected chi connectivity index (χ3v) is 5.20. The highest BCUT2D eigenvalue weighted by Crippen LogP contribution is 2.12. The lowest BCUT2D eigenvalue weighted by molar-refractivity contribution is -0.124. The monoisotopic (exact) mass is 310 g/mol. The Morgan fingerprint density at radius 3 is 2.40 bits per heavy atom. The Labute approximate surface area is 126 Å². The molecule has 0 fully saturated rings. The van der Waals surface area contributed by atoms with Crippen molar-refractivity contribution in [1.29, 1.82) is 0 Å². The van der Waals surface area contributed by atoms with E-state index in [9.17, 15) is 9.59 Å². The van der Waals surface area contributed by atoms with Crippen molar-refractivity contribution in [3.63, 3.8) is 0 Å². The van der Waals surface area contributed by atoms with Gasteiger partial charge in [-0.2, -0.15) is 12.6 Å². The van der Waals surface area contributed by atoms with Gasteiger partial charge in [-0.25, -0.2) is 0 Å². The number of hydrogen-bond acceptors (Lipinski definition) is 4. The van der Waals surface area contributed by atoms with E-state index >= 15 is 0 Å². The van der Waals surface area contributed by atoms with Gasteiger partial charge in [0.1, 0.15) is 13.9 Å². The third kappa shape index (κ3) is 5.09. The molecule has 1 aromatic rings. The van der Waals surface area contributed by atoms with E-state index in [1.165, 1.54) is 6.92 Å². The predicted molar refractivity (Wildman–Crippen MR) is 88.5 cm³/mol. The number of rotatable bonds is 6. The van der Waals surface area contributed by atoms with Crippen LogP contribution in [0.1, 0.15) is 13.3 Å². The minimum Gasteiger partial charge on any atom is -0.324 e. The van der Waals surface area contributed by atoms with E-state index in [1.807, 2.05) is 12.1 Å². The Kier molecular flexibility index (Phi) is 5.95. The number of Topliss-reactive ketones (excluding diaryl/α,β-unsaturated/α-hetero) is 1. The van der Waals surface area contributed by atoms with Crippen LogP contribution in [0.3, 0.4) is 0 Å². The highest BCUT2D eigenvalue weighted by Gasteiger charge is 2.20. The third-order valence-electron chi connectivity index (χ3n) is 2.92. The van der Waals surface area contributed by atoms with Crippen molar-refractivity contribution in [2.24, 2.45) is 5.92 Å². The maximum absolute atomic E-state index is 12.0. The molecule has 0 aromatic carbocycles. The van der Waals surface area contributed by atoms with Crippen LogP contribution in [0.15, 0.2) is 18.3 Å². The number of amides is 1. The van der Waals surface area contributed by atoms with Gasteiger partial charge >= 0.3 is 0 Å². The number of hydrogen-bond donors (Lipinski definition) is 2. The molecular formula is C14H22N2O2SSi. The van der Waals surface area contributed by atoms with E-state index in [2.05, 4.69) is 42.6 Å². The first kappa shape index (κ1) is 16.9. The van der Waals surface area contributed by atoms with Gasteiger partial charge in [-0.05, 0) is 19.1 Å². The highest BCUT2D eigenvalue weighted by atomic mass is 32.1. The van der Waals surface area contributed by atoms with Crippen molar-refractivity contribution in [2.45, 2.75) is 33.0 Å². The summed E-state index contributed by atoms with van der Waals surface area (Å²) in [6.07, 6.45) is 1.89. The number of aromatic nitrogens is 1. The largest absolute Gasteiger partial charge is 0.324 e. The molecule has 0 saturated heterocycles. The first-order valence-electron chi connectivity index (χ1n) is 6.61. The van der Waals surface area contributed by atoms with Crippen molar-refractivity contribution in [3.8, 4) is 0 Å². The molecule has 0 unspecified atom stereocenters. The second-order valence-corrected chi connectivity index (χ2v) is 11.3. The molecule has 4 nitrogen and oxygen atoms in total. The van der Waals surface area contributed by atoms with Crippen molar-refractivity contribution >= 4 is 43.4 Å². The Morgan fingerprint density at radius 1 is 1.35 bits per heavy atom. The Bertz CT molecular complexity index is 483. The summed E-state index contributed by atoms with van der Waals surface area (Å²) in [5.74, 6) is -0.233. The minimum atomic E-state index is -1.43. The van der Waals surface area contributed by atoms with Gasteiger partial charge in [0.05, 0.1) is 17.8 Å². The zero-order valence-electron chi connectivity index (χ0n) is 12.4. The van der Waals surface area contributed by atoms with Crippen molar-refractivity contribution < 1.29 is 9.59 Å². The van der Waals surface area contributed by atoms with Crippen LogP contribution in [0, 0.1) is 5.92 Å². The summed E-state index contributed by atoms with van der Waals surface area (Å²) in [7, 11) is -1.43. The van der Waals surface area contributed by atoms with Crippen LogP contribution in [0.5, 0.6) is 0 Å². The van der Waals surface area contributed by atoms with E-state index < -0.39 is 14.0 Å². The standard InChI is InChI=1S/C14H22N2O2SSi/c1-10(17)7-11(9-19)14(18)16-12-5-6-13(15-8-12)20(2,3)4/h5-6,8,11,19H,7,9H2,1-4H3,(H,16,18)/t11-/m0/s1. The number of carbonyl (C=O) groups is 2. The molecule has 0 saturated carbocycles. The SMILES string of the molecule is CC(=O)C[C@@H](CS)C(=O)Nc1ccc([Si](C)(C)C)nc1. The fourth-order valence-corrected chi connectivity index (χ4v) is 3.07. The average Bonchev–Trinajstić information content (AvgIpc) is 2.35. The summed E-state index contributed by atoms with van der Waals surface area (Å²) >= 11 is 4.13. The molecular weight excluding hydrogens is 288 g/mol. The fourth-order valence-electron chi connectivity index (χ4n) is 1.74. The average molecular weight is 310 g/mol. The van der Waals surface area contributed by atoms with Gasteiger partial charge in [-0.3, -0.25) is 9.78 Å². The molecule has 0 bridgehead atoms. The fraction of sp³-hybridized carbons (Fsp3) is 0.500. The van der Waals surface area contributed by atoms with E-state index in [0.717, 1.165) is 5.32 Å². The van der Waals surface area contributed by atoms with Gasteiger partial charge in [0.15, 0.2) is 0 Å². The lowest BCUT2D eigenvalue weighted by Gasteiger charge is -2.16. The highest BCUT2D eigenvalue weighted by molar-refractivity contribution is 7.80. The zero-order chi connectivity index (χ0) is 15.3. The normalized spacial score (nSPS) is 12.8. The molecule has 20 heavy (non-hydrogen) atoms. The summed E-state index contributed by atoms with van der Waals surface area (Å²) in [5.41, 5.74) is 0.660. The number of nitrogens with one attached hydrogen (secondary N) is 1. The molecule has 0 aliphatic heterocycles. The van der Waals surface area contributed by atoms with Crippen LogP contribution in [-0.2, 0) is 9.59 Å². The van der Waals surface area contributed by atoms with Crippen LogP contribution in [0.4, 0.5) is 5.69 Å². The first-order chi connectivity index (χ1) is 9.24. The Morgan fingerprint density at radius 2 is 2.00 bits per heavy atom. The van der Waals surface area contributed by atoms with Gasteiger partial charge < -0.3 is 10.1 Å². The number of thiol groups is 1. The molecule has 1 heterocycles. The number of nitrogens with zero attached hydrogens (tertiary/aromatic N) is 1. The summed E-state index contributed by atoms with van der Waals surface area (Å²) in [6.45, 7) is 8.14. The molecule has 1 rings (SSSR count). The maximum atomic E-state index is 12.0. The first-order valence-corrected chi connectivity index (χ1v) is 10.7. The van der Waals surface area contributed by atoms with Gasteiger partial charge in [-0.1, -0.05) is 19.6 Å². The van der Waals surface area contributed by atoms with Gasteiger partial charge in [-0.15, -0.1) is 0 Å². The predicted octanol–water partition coefficient (Wildman–Crippen LogP) is 2.09. The zero-order valence-corrected chi connectivity index (χ0v) is 14.3. The topological polar surface area (TPSA) is 59.1 Å². The van der Waals surface area contributed by atoms with Gasteiger partial charge in [0, 0.05) is 17.5 Å². The molecule has 0 radical (unpaired) electrons. The molecule has 0 aliphatic rings. The van der Waals surface area contributed by atoms with Crippen molar-refractivity contribution in [2.75, 3.05) is 11.1 Å². The number of pyridine rings is 1. The van der Waals surface area contributed by atoms with E-state index in [1.54, 1.807) is 6.20 Å². The molecule has 110 valence electrons. The quantitative estimate of drug-likeness (QED) is 0.625. The Balaban J connectivity index is 2.73.